The molecule has 0 radical (unpaired) electrons. The molecule has 2 amide bonds. The molecule has 8 nitrogen and oxygen atoms in total. The van der Waals surface area contributed by atoms with Crippen LogP contribution in [0, 0.1) is 13.8 Å². The summed E-state index contributed by atoms with van der Waals surface area (Å²) < 4.78 is 34.3. The molecule has 0 saturated carbocycles. The van der Waals surface area contributed by atoms with Crippen molar-refractivity contribution in [1.29, 1.82) is 0 Å². The molecule has 0 bridgehead atoms. The van der Waals surface area contributed by atoms with E-state index in [1.807, 2.05) is 58.9 Å². The number of sulfonamides is 1. The van der Waals surface area contributed by atoms with Crippen LogP contribution in [0.1, 0.15) is 44.4 Å². The summed E-state index contributed by atoms with van der Waals surface area (Å²) in [5.74, 6) is -0.397. The molecule has 0 aliphatic heterocycles. The summed E-state index contributed by atoms with van der Waals surface area (Å²) in [7, 11) is -2.66. The quantitative estimate of drug-likeness (QED) is 0.380. The van der Waals surface area contributed by atoms with E-state index < -0.39 is 34.1 Å². The molecule has 1 atom stereocenters. The normalized spacial score (nSPS) is 12.4. The van der Waals surface area contributed by atoms with Gasteiger partial charge in [-0.2, -0.15) is 0 Å². The standard InChI is InChI=1S/C31H39N3O5S/c1-22-15-17-28(18-16-22)40(37,38)34(26-13-10-14-27(19-26)39-7)21-29(35)33(20-25-12-9-8-11-23(25)2)24(3)30(36)32-31(4,5)6/h8-19,24H,20-21H2,1-7H3,(H,32,36)/t24-/m0/s1. The Balaban J connectivity index is 2.07. The van der Waals surface area contributed by atoms with Crippen molar-refractivity contribution < 1.29 is 22.7 Å². The molecule has 0 fully saturated rings. The number of methoxy groups -OCH3 is 1. The lowest BCUT2D eigenvalue weighted by atomic mass is 10.1. The van der Waals surface area contributed by atoms with Crippen molar-refractivity contribution >= 4 is 27.5 Å². The predicted octanol–water partition coefficient (Wildman–Crippen LogP) is 4.84. The van der Waals surface area contributed by atoms with Gasteiger partial charge in [0.25, 0.3) is 10.0 Å². The minimum atomic E-state index is -4.15. The van der Waals surface area contributed by atoms with Crippen molar-refractivity contribution in [3.63, 3.8) is 0 Å². The second kappa shape index (κ2) is 12.6. The molecule has 0 aliphatic carbocycles. The van der Waals surface area contributed by atoms with E-state index >= 15 is 0 Å². The third-order valence-electron chi connectivity index (χ3n) is 6.50. The molecule has 3 rings (SSSR count). The second-order valence-electron chi connectivity index (χ2n) is 10.9. The fraction of sp³-hybridized carbons (Fsp3) is 0.355. The number of ether oxygens (including phenoxy) is 1. The molecule has 214 valence electrons. The first kappa shape index (κ1) is 30.7. The van der Waals surface area contributed by atoms with Gasteiger partial charge in [-0.25, -0.2) is 8.42 Å². The fourth-order valence-corrected chi connectivity index (χ4v) is 5.57. The lowest BCUT2D eigenvalue weighted by Gasteiger charge is -2.33. The molecular formula is C31H39N3O5S. The van der Waals surface area contributed by atoms with Crippen molar-refractivity contribution in [2.24, 2.45) is 0 Å². The zero-order valence-corrected chi connectivity index (χ0v) is 25.1. The van der Waals surface area contributed by atoms with Gasteiger partial charge < -0.3 is 15.0 Å². The van der Waals surface area contributed by atoms with Gasteiger partial charge in [-0.1, -0.05) is 48.0 Å². The number of carbonyl (C=O) groups excluding carboxylic acids is 2. The molecule has 0 spiro atoms. The predicted molar refractivity (Wildman–Crippen MR) is 158 cm³/mol. The number of nitrogens with one attached hydrogen (secondary N) is 1. The maximum absolute atomic E-state index is 14.0. The summed E-state index contributed by atoms with van der Waals surface area (Å²) >= 11 is 0. The molecule has 0 heterocycles. The molecule has 0 saturated heterocycles. The van der Waals surface area contributed by atoms with Crippen molar-refractivity contribution in [2.75, 3.05) is 18.0 Å². The van der Waals surface area contributed by atoms with E-state index in [4.69, 9.17) is 4.74 Å². The van der Waals surface area contributed by atoms with Gasteiger partial charge in [-0.15, -0.1) is 0 Å². The summed E-state index contributed by atoms with van der Waals surface area (Å²) in [6.45, 7) is 10.7. The molecule has 3 aromatic carbocycles. The molecule has 0 unspecified atom stereocenters. The number of aryl methyl sites for hydroxylation is 2. The second-order valence-corrected chi connectivity index (χ2v) is 12.8. The highest BCUT2D eigenvalue weighted by molar-refractivity contribution is 7.92. The number of benzene rings is 3. The zero-order valence-electron chi connectivity index (χ0n) is 24.3. The van der Waals surface area contributed by atoms with E-state index in [0.29, 0.717) is 5.75 Å². The van der Waals surface area contributed by atoms with Crippen LogP contribution in [0.4, 0.5) is 5.69 Å². The van der Waals surface area contributed by atoms with Gasteiger partial charge in [-0.3, -0.25) is 13.9 Å². The average molecular weight is 566 g/mol. The topological polar surface area (TPSA) is 96.0 Å². The highest BCUT2D eigenvalue weighted by Crippen LogP contribution is 2.28. The van der Waals surface area contributed by atoms with Gasteiger partial charge in [-0.05, 0) is 76.9 Å². The summed E-state index contributed by atoms with van der Waals surface area (Å²) in [6.07, 6.45) is 0. The van der Waals surface area contributed by atoms with Crippen molar-refractivity contribution in [3.05, 3.63) is 89.5 Å². The Morgan fingerprint density at radius 1 is 0.950 bits per heavy atom. The Morgan fingerprint density at radius 3 is 2.20 bits per heavy atom. The van der Waals surface area contributed by atoms with Crippen LogP contribution in [0.15, 0.2) is 77.7 Å². The fourth-order valence-electron chi connectivity index (χ4n) is 4.16. The number of amides is 2. The molecule has 0 aromatic heterocycles. The minimum absolute atomic E-state index is 0.0534. The van der Waals surface area contributed by atoms with Crippen LogP contribution in [-0.4, -0.2) is 50.4 Å². The van der Waals surface area contributed by atoms with Gasteiger partial charge in [0.2, 0.25) is 11.8 Å². The highest BCUT2D eigenvalue weighted by atomic mass is 32.2. The van der Waals surface area contributed by atoms with E-state index in [9.17, 15) is 18.0 Å². The van der Waals surface area contributed by atoms with E-state index in [-0.39, 0.29) is 23.0 Å². The third-order valence-corrected chi connectivity index (χ3v) is 8.28. The summed E-state index contributed by atoms with van der Waals surface area (Å²) in [4.78, 5) is 28.8. The van der Waals surface area contributed by atoms with Gasteiger partial charge in [0, 0.05) is 18.2 Å². The van der Waals surface area contributed by atoms with Gasteiger partial charge >= 0.3 is 0 Å². The average Bonchev–Trinajstić information content (AvgIpc) is 2.90. The summed E-state index contributed by atoms with van der Waals surface area (Å²) in [6, 6.07) is 19.8. The van der Waals surface area contributed by atoms with Crippen LogP contribution in [0.25, 0.3) is 0 Å². The lowest BCUT2D eigenvalue weighted by molar-refractivity contribution is -0.140. The number of nitrogens with zero attached hydrogens (tertiary/aromatic N) is 2. The number of hydrogen-bond acceptors (Lipinski definition) is 5. The van der Waals surface area contributed by atoms with E-state index in [0.717, 1.165) is 21.0 Å². The minimum Gasteiger partial charge on any atom is -0.497 e. The monoisotopic (exact) mass is 565 g/mol. The van der Waals surface area contributed by atoms with Gasteiger partial charge in [0.1, 0.15) is 18.3 Å². The Morgan fingerprint density at radius 2 is 1.60 bits per heavy atom. The first-order chi connectivity index (χ1) is 18.7. The van der Waals surface area contributed by atoms with E-state index in [1.54, 1.807) is 43.3 Å². The first-order valence-electron chi connectivity index (χ1n) is 13.1. The Hall–Kier alpha value is -3.85. The van der Waals surface area contributed by atoms with Gasteiger partial charge in [0.05, 0.1) is 17.7 Å². The Bertz CT molecular complexity index is 1450. The lowest BCUT2D eigenvalue weighted by Crippen LogP contribution is -2.54. The molecule has 0 aliphatic rings. The van der Waals surface area contributed by atoms with E-state index in [2.05, 4.69) is 5.32 Å². The van der Waals surface area contributed by atoms with Crippen molar-refractivity contribution in [3.8, 4) is 5.75 Å². The number of hydrogen-bond donors (Lipinski definition) is 1. The number of anilines is 1. The van der Waals surface area contributed by atoms with Gasteiger partial charge in [0.15, 0.2) is 0 Å². The van der Waals surface area contributed by atoms with Crippen LogP contribution in [-0.2, 0) is 26.2 Å². The molecular weight excluding hydrogens is 526 g/mol. The summed E-state index contributed by atoms with van der Waals surface area (Å²) in [5, 5.41) is 2.93. The maximum atomic E-state index is 14.0. The zero-order chi connectivity index (χ0) is 29.7. The van der Waals surface area contributed by atoms with Crippen LogP contribution >= 0.6 is 0 Å². The number of rotatable bonds is 10. The molecule has 9 heteroatoms. The summed E-state index contributed by atoms with van der Waals surface area (Å²) in [5.41, 5.74) is 2.49. The first-order valence-corrected chi connectivity index (χ1v) is 14.6. The highest BCUT2D eigenvalue weighted by Gasteiger charge is 2.33. The van der Waals surface area contributed by atoms with Crippen molar-refractivity contribution in [2.45, 2.75) is 64.6 Å². The number of carbonyl (C=O) groups is 2. The SMILES string of the molecule is COc1cccc(N(CC(=O)N(Cc2ccccc2C)[C@@H](C)C(=O)NC(C)(C)C)S(=O)(=O)c2ccc(C)cc2)c1. The van der Waals surface area contributed by atoms with Crippen molar-refractivity contribution in [1.82, 2.24) is 10.2 Å². The van der Waals surface area contributed by atoms with Crippen LogP contribution in [0.5, 0.6) is 5.75 Å². The van der Waals surface area contributed by atoms with Crippen LogP contribution < -0.4 is 14.4 Å². The third kappa shape index (κ3) is 7.63. The molecule has 40 heavy (non-hydrogen) atoms. The smallest absolute Gasteiger partial charge is 0.264 e. The Kier molecular flexibility index (Phi) is 9.63. The van der Waals surface area contributed by atoms with Crippen LogP contribution in [0.3, 0.4) is 0 Å². The largest absolute Gasteiger partial charge is 0.497 e. The molecule has 3 aromatic rings. The maximum Gasteiger partial charge on any atom is 0.264 e. The van der Waals surface area contributed by atoms with E-state index in [1.165, 1.54) is 24.1 Å². The Labute approximate surface area is 238 Å². The van der Waals surface area contributed by atoms with Crippen LogP contribution in [0.2, 0.25) is 0 Å². The molecule has 1 N–H and O–H groups in total.